The fraction of sp³-hybridized carbons (Fsp3) is 0.450. The highest BCUT2D eigenvalue weighted by atomic mass is 16.5. The molecule has 1 saturated carbocycles. The molecule has 0 spiro atoms. The van der Waals surface area contributed by atoms with Crippen molar-refractivity contribution in [1.29, 1.82) is 0 Å². The standard InChI is InChI=1S/C20H26N4O2/c1-15-9-12-22-19(23-15)26-17-7-5-16(6-8-17)24-18(25)13-20(14-21)10-3-2-4-11-20/h5-9,12H,2-4,10-11,13-14,21H2,1H3,(H,24,25). The molecule has 1 amide bonds. The van der Waals surface area contributed by atoms with Crippen LogP contribution in [-0.2, 0) is 4.79 Å². The molecule has 3 N–H and O–H groups in total. The highest BCUT2D eigenvalue weighted by Crippen LogP contribution is 2.38. The van der Waals surface area contributed by atoms with Crippen molar-refractivity contribution in [3.05, 3.63) is 42.2 Å². The van der Waals surface area contributed by atoms with Crippen LogP contribution in [0.4, 0.5) is 5.69 Å². The second-order valence-corrected chi connectivity index (χ2v) is 7.10. The van der Waals surface area contributed by atoms with Crippen LogP contribution < -0.4 is 15.8 Å². The first-order valence-electron chi connectivity index (χ1n) is 9.16. The second kappa shape index (κ2) is 8.27. The third-order valence-corrected chi connectivity index (χ3v) is 5.00. The van der Waals surface area contributed by atoms with Crippen LogP contribution in [0.15, 0.2) is 36.5 Å². The lowest BCUT2D eigenvalue weighted by atomic mass is 9.71. The minimum Gasteiger partial charge on any atom is -0.424 e. The number of nitrogens with zero attached hydrogens (tertiary/aromatic N) is 2. The summed E-state index contributed by atoms with van der Waals surface area (Å²) in [6.45, 7) is 2.46. The average molecular weight is 354 g/mol. The van der Waals surface area contributed by atoms with Crippen LogP contribution in [0.3, 0.4) is 0 Å². The molecule has 2 aromatic rings. The number of aromatic nitrogens is 2. The summed E-state index contributed by atoms with van der Waals surface area (Å²) < 4.78 is 5.62. The molecule has 6 heteroatoms. The van der Waals surface area contributed by atoms with Gasteiger partial charge in [0.05, 0.1) is 0 Å². The molecular weight excluding hydrogens is 328 g/mol. The van der Waals surface area contributed by atoms with Crippen molar-refractivity contribution in [3.63, 3.8) is 0 Å². The van der Waals surface area contributed by atoms with Crippen LogP contribution in [-0.4, -0.2) is 22.4 Å². The highest BCUT2D eigenvalue weighted by Gasteiger charge is 2.32. The van der Waals surface area contributed by atoms with E-state index in [4.69, 9.17) is 10.5 Å². The maximum Gasteiger partial charge on any atom is 0.322 e. The van der Waals surface area contributed by atoms with Gasteiger partial charge in [0.2, 0.25) is 5.91 Å². The molecule has 1 aliphatic rings. The third-order valence-electron chi connectivity index (χ3n) is 5.00. The van der Waals surface area contributed by atoms with Gasteiger partial charge in [0.15, 0.2) is 0 Å². The monoisotopic (exact) mass is 354 g/mol. The number of nitrogens with two attached hydrogens (primary N) is 1. The minimum atomic E-state index is -0.0338. The Hall–Kier alpha value is -2.47. The zero-order chi connectivity index (χ0) is 18.4. The zero-order valence-corrected chi connectivity index (χ0v) is 15.2. The van der Waals surface area contributed by atoms with E-state index in [9.17, 15) is 4.79 Å². The highest BCUT2D eigenvalue weighted by molar-refractivity contribution is 5.91. The number of carbonyl (C=O) groups excluding carboxylic acids is 1. The fourth-order valence-electron chi connectivity index (χ4n) is 3.49. The minimum absolute atomic E-state index is 0.0213. The topological polar surface area (TPSA) is 90.1 Å². The van der Waals surface area contributed by atoms with Crippen molar-refractivity contribution in [2.75, 3.05) is 11.9 Å². The van der Waals surface area contributed by atoms with Gasteiger partial charge in [-0.3, -0.25) is 4.79 Å². The summed E-state index contributed by atoms with van der Waals surface area (Å²) in [5, 5.41) is 2.97. The van der Waals surface area contributed by atoms with Gasteiger partial charge >= 0.3 is 6.01 Å². The summed E-state index contributed by atoms with van der Waals surface area (Å²) in [6, 6.07) is 9.34. The van der Waals surface area contributed by atoms with Crippen LogP contribution in [0.25, 0.3) is 0 Å². The summed E-state index contributed by atoms with van der Waals surface area (Å²) in [6.07, 6.45) is 7.80. The molecule has 1 aromatic carbocycles. The molecular formula is C20H26N4O2. The lowest BCUT2D eigenvalue weighted by molar-refractivity contribution is -0.118. The predicted octanol–water partition coefficient (Wildman–Crippen LogP) is 3.82. The summed E-state index contributed by atoms with van der Waals surface area (Å²) in [5.41, 5.74) is 7.53. The van der Waals surface area contributed by atoms with Crippen LogP contribution >= 0.6 is 0 Å². The summed E-state index contributed by atoms with van der Waals surface area (Å²) in [4.78, 5) is 20.7. The number of hydrogen-bond acceptors (Lipinski definition) is 5. The number of amides is 1. The van der Waals surface area contributed by atoms with Gasteiger partial charge < -0.3 is 15.8 Å². The van der Waals surface area contributed by atoms with Gasteiger partial charge in [-0.25, -0.2) is 9.97 Å². The summed E-state index contributed by atoms with van der Waals surface area (Å²) in [5.74, 6) is 0.646. The van der Waals surface area contributed by atoms with Gasteiger partial charge in [0.25, 0.3) is 0 Å². The lowest BCUT2D eigenvalue weighted by Gasteiger charge is -2.35. The smallest absolute Gasteiger partial charge is 0.322 e. The Bertz CT molecular complexity index is 740. The summed E-state index contributed by atoms with van der Waals surface area (Å²) >= 11 is 0. The van der Waals surface area contributed by atoms with Gasteiger partial charge in [-0.1, -0.05) is 19.3 Å². The maximum absolute atomic E-state index is 12.4. The molecule has 6 nitrogen and oxygen atoms in total. The SMILES string of the molecule is Cc1ccnc(Oc2ccc(NC(=O)CC3(CN)CCCCC3)cc2)n1. The third kappa shape index (κ3) is 4.79. The summed E-state index contributed by atoms with van der Waals surface area (Å²) in [7, 11) is 0. The van der Waals surface area contributed by atoms with Crippen LogP contribution in [0.2, 0.25) is 0 Å². The first kappa shape index (κ1) is 18.3. The Balaban J connectivity index is 1.57. The van der Waals surface area contributed by atoms with E-state index in [0.717, 1.165) is 37.1 Å². The van der Waals surface area contributed by atoms with E-state index in [1.165, 1.54) is 6.42 Å². The molecule has 1 aromatic heterocycles. The van der Waals surface area contributed by atoms with Gasteiger partial charge in [0.1, 0.15) is 5.75 Å². The van der Waals surface area contributed by atoms with E-state index < -0.39 is 0 Å². The molecule has 1 heterocycles. The van der Waals surface area contributed by atoms with Crippen molar-refractivity contribution in [2.24, 2.45) is 11.1 Å². The fourth-order valence-corrected chi connectivity index (χ4v) is 3.49. The Morgan fingerprint density at radius 2 is 1.92 bits per heavy atom. The Kier molecular flexibility index (Phi) is 5.83. The van der Waals surface area contributed by atoms with Gasteiger partial charge in [-0.15, -0.1) is 0 Å². The van der Waals surface area contributed by atoms with E-state index in [1.807, 2.05) is 25.1 Å². The molecule has 0 aliphatic heterocycles. The van der Waals surface area contributed by atoms with Crippen LogP contribution in [0, 0.1) is 12.3 Å². The van der Waals surface area contributed by atoms with Gasteiger partial charge in [-0.05, 0) is 62.1 Å². The number of benzene rings is 1. The Morgan fingerprint density at radius 1 is 1.19 bits per heavy atom. The van der Waals surface area contributed by atoms with Crippen molar-refractivity contribution in [1.82, 2.24) is 9.97 Å². The predicted molar refractivity (Wildman–Crippen MR) is 101 cm³/mol. The molecule has 1 aliphatic carbocycles. The molecule has 0 unspecified atom stereocenters. The van der Waals surface area contributed by atoms with Gasteiger partial charge in [0, 0.05) is 24.0 Å². The molecule has 138 valence electrons. The van der Waals surface area contributed by atoms with E-state index in [0.29, 0.717) is 24.7 Å². The molecule has 3 rings (SSSR count). The first-order valence-corrected chi connectivity index (χ1v) is 9.16. The molecule has 0 saturated heterocycles. The average Bonchev–Trinajstić information content (AvgIpc) is 2.64. The maximum atomic E-state index is 12.4. The van der Waals surface area contributed by atoms with E-state index >= 15 is 0 Å². The number of nitrogens with one attached hydrogen (secondary N) is 1. The molecule has 0 atom stereocenters. The number of ether oxygens (including phenoxy) is 1. The van der Waals surface area contributed by atoms with Crippen molar-refractivity contribution in [2.45, 2.75) is 45.4 Å². The van der Waals surface area contributed by atoms with Gasteiger partial charge in [-0.2, -0.15) is 0 Å². The number of carbonyl (C=O) groups is 1. The number of anilines is 1. The van der Waals surface area contributed by atoms with Crippen LogP contribution in [0.1, 0.15) is 44.2 Å². The van der Waals surface area contributed by atoms with E-state index in [1.54, 1.807) is 18.3 Å². The first-order chi connectivity index (χ1) is 12.6. The molecule has 0 radical (unpaired) electrons. The Morgan fingerprint density at radius 3 is 2.58 bits per heavy atom. The van der Waals surface area contributed by atoms with Crippen molar-refractivity contribution < 1.29 is 9.53 Å². The van der Waals surface area contributed by atoms with Crippen molar-refractivity contribution in [3.8, 4) is 11.8 Å². The second-order valence-electron chi connectivity index (χ2n) is 7.10. The normalized spacial score (nSPS) is 16.1. The number of aryl methyl sites for hydroxylation is 1. The van der Waals surface area contributed by atoms with E-state index in [-0.39, 0.29) is 11.3 Å². The molecule has 0 bridgehead atoms. The molecule has 26 heavy (non-hydrogen) atoms. The largest absolute Gasteiger partial charge is 0.424 e. The molecule has 1 fully saturated rings. The Labute approximate surface area is 154 Å². The quantitative estimate of drug-likeness (QED) is 0.823. The zero-order valence-electron chi connectivity index (χ0n) is 15.2. The number of rotatable bonds is 6. The lowest BCUT2D eigenvalue weighted by Crippen LogP contribution is -2.36. The van der Waals surface area contributed by atoms with Crippen molar-refractivity contribution >= 4 is 11.6 Å². The van der Waals surface area contributed by atoms with Crippen LogP contribution in [0.5, 0.6) is 11.8 Å². The number of hydrogen-bond donors (Lipinski definition) is 2. The van der Waals surface area contributed by atoms with E-state index in [2.05, 4.69) is 15.3 Å².